The molecule has 0 bridgehead atoms. The van der Waals surface area contributed by atoms with Gasteiger partial charge in [-0.1, -0.05) is 115 Å². The van der Waals surface area contributed by atoms with Crippen LogP contribution < -0.4 is 0 Å². The lowest BCUT2D eigenvalue weighted by atomic mass is 9.90. The molecule has 0 amide bonds. The molecule has 0 aliphatic rings. The van der Waals surface area contributed by atoms with Crippen LogP contribution in [0.2, 0.25) is 0 Å². The fraction of sp³-hybridized carbons (Fsp3) is 0. The molecule has 0 radical (unpaired) electrons. The molecular weight excluding hydrogens is 502 g/mol. The third-order valence-electron chi connectivity index (χ3n) is 8.43. The van der Waals surface area contributed by atoms with Gasteiger partial charge in [-0.2, -0.15) is 0 Å². The molecule has 7 aromatic carbocycles. The number of hydrogen-bond donors (Lipinski definition) is 1. The lowest BCUT2D eigenvalue weighted by Crippen LogP contribution is -1.87. The predicted molar refractivity (Wildman–Crippen MR) is 175 cm³/mol. The van der Waals surface area contributed by atoms with Crippen molar-refractivity contribution < 1.29 is 0 Å². The van der Waals surface area contributed by atoms with Gasteiger partial charge in [-0.15, -0.1) is 11.3 Å². The van der Waals surface area contributed by atoms with Crippen molar-refractivity contribution in [2.24, 2.45) is 0 Å². The van der Waals surface area contributed by atoms with Gasteiger partial charge in [0.15, 0.2) is 0 Å². The first-order valence-corrected chi connectivity index (χ1v) is 14.5. The molecule has 2 aromatic heterocycles. The Kier molecular flexibility index (Phi) is 4.55. The van der Waals surface area contributed by atoms with Gasteiger partial charge >= 0.3 is 0 Å². The highest BCUT2D eigenvalue weighted by Gasteiger charge is 2.16. The Morgan fingerprint density at radius 2 is 0.975 bits per heavy atom. The minimum Gasteiger partial charge on any atom is -0.354 e. The Hall–Kier alpha value is -4.92. The number of hydrogen-bond acceptors (Lipinski definition) is 1. The van der Waals surface area contributed by atoms with Crippen LogP contribution in [-0.2, 0) is 0 Å². The number of aromatic amines is 1. The smallest absolute Gasteiger partial charge is 0.0544 e. The van der Waals surface area contributed by atoms with Gasteiger partial charge in [-0.05, 0) is 56.4 Å². The molecule has 0 saturated carbocycles. The SMILES string of the molecule is c1ccc2c(c1)ccc1[nH]c3c(-c4cccc5c(-c6cccc7sc8ccccc8c67)cccc45)cccc3c12. The average Bonchev–Trinajstić information content (AvgIpc) is 3.59. The Balaban J connectivity index is 1.33. The maximum atomic E-state index is 3.79. The highest BCUT2D eigenvalue weighted by Crippen LogP contribution is 2.44. The summed E-state index contributed by atoms with van der Waals surface area (Å²) < 4.78 is 2.67. The molecule has 0 atom stereocenters. The number of rotatable bonds is 2. The third-order valence-corrected chi connectivity index (χ3v) is 9.56. The first kappa shape index (κ1) is 22.0. The van der Waals surface area contributed by atoms with Crippen molar-refractivity contribution in [3.8, 4) is 22.3 Å². The average molecular weight is 526 g/mol. The highest BCUT2D eigenvalue weighted by molar-refractivity contribution is 7.25. The summed E-state index contributed by atoms with van der Waals surface area (Å²) in [5.41, 5.74) is 7.44. The van der Waals surface area contributed by atoms with E-state index in [1.54, 1.807) is 0 Å². The molecule has 0 fully saturated rings. The van der Waals surface area contributed by atoms with E-state index in [1.165, 1.54) is 85.8 Å². The number of nitrogens with one attached hydrogen (secondary N) is 1. The minimum atomic E-state index is 1.18. The monoisotopic (exact) mass is 525 g/mol. The van der Waals surface area contributed by atoms with Crippen molar-refractivity contribution in [3.63, 3.8) is 0 Å². The van der Waals surface area contributed by atoms with Crippen LogP contribution in [0.4, 0.5) is 0 Å². The van der Waals surface area contributed by atoms with Crippen LogP contribution in [-0.4, -0.2) is 4.98 Å². The highest BCUT2D eigenvalue weighted by atomic mass is 32.1. The standard InChI is InChI=1S/C38H23NS/c1-2-10-24-23(9-1)21-22-33-36(24)32-18-7-17-30(38(32)39-33)28-15-6-12-25-26(28)13-5-14-27(25)29-16-8-20-35-37(29)31-11-3-4-19-34(31)40-35/h1-22,39H. The molecule has 9 aromatic rings. The molecule has 2 heterocycles. The number of thiophene rings is 1. The molecule has 0 aliphatic heterocycles. The van der Waals surface area contributed by atoms with Crippen LogP contribution in [0.3, 0.4) is 0 Å². The van der Waals surface area contributed by atoms with Crippen LogP contribution in [0, 0.1) is 0 Å². The van der Waals surface area contributed by atoms with Gasteiger partial charge in [0.05, 0.1) is 5.52 Å². The fourth-order valence-electron chi connectivity index (χ4n) is 6.70. The Bertz CT molecular complexity index is 2440. The van der Waals surface area contributed by atoms with Crippen molar-refractivity contribution in [1.29, 1.82) is 0 Å². The van der Waals surface area contributed by atoms with Gasteiger partial charge in [0, 0.05) is 42.0 Å². The fourth-order valence-corrected chi connectivity index (χ4v) is 7.83. The molecule has 0 aliphatic carbocycles. The zero-order valence-electron chi connectivity index (χ0n) is 21.6. The third kappa shape index (κ3) is 3.03. The van der Waals surface area contributed by atoms with Crippen LogP contribution in [0.15, 0.2) is 133 Å². The second-order valence-corrected chi connectivity index (χ2v) is 11.6. The molecule has 1 nitrogen and oxygen atoms in total. The summed E-state index contributed by atoms with van der Waals surface area (Å²) in [4.78, 5) is 3.79. The Morgan fingerprint density at radius 1 is 0.375 bits per heavy atom. The number of aromatic nitrogens is 1. The van der Waals surface area contributed by atoms with Gasteiger partial charge in [0.2, 0.25) is 0 Å². The normalized spacial score (nSPS) is 12.0. The van der Waals surface area contributed by atoms with Gasteiger partial charge in [-0.25, -0.2) is 0 Å². The first-order chi connectivity index (χ1) is 19.8. The zero-order chi connectivity index (χ0) is 26.2. The van der Waals surface area contributed by atoms with E-state index in [0.29, 0.717) is 0 Å². The van der Waals surface area contributed by atoms with E-state index in [-0.39, 0.29) is 0 Å². The molecule has 2 heteroatoms. The maximum Gasteiger partial charge on any atom is 0.0544 e. The molecule has 186 valence electrons. The summed E-state index contributed by atoms with van der Waals surface area (Å²) in [6.07, 6.45) is 0. The Morgan fingerprint density at radius 3 is 1.82 bits per heavy atom. The number of para-hydroxylation sites is 1. The number of H-pyrrole nitrogens is 1. The zero-order valence-corrected chi connectivity index (χ0v) is 22.4. The van der Waals surface area contributed by atoms with E-state index in [0.717, 1.165) is 0 Å². The summed E-state index contributed by atoms with van der Waals surface area (Å²) in [6, 6.07) is 48.9. The summed E-state index contributed by atoms with van der Waals surface area (Å²) >= 11 is 1.88. The van der Waals surface area contributed by atoms with Crippen LogP contribution in [0.5, 0.6) is 0 Å². The lowest BCUT2D eigenvalue weighted by molar-refractivity contribution is 1.54. The summed E-state index contributed by atoms with van der Waals surface area (Å²) in [5, 5.41) is 10.4. The van der Waals surface area contributed by atoms with Crippen LogP contribution in [0.1, 0.15) is 0 Å². The predicted octanol–water partition coefficient (Wildman–Crippen LogP) is 11.3. The summed E-state index contributed by atoms with van der Waals surface area (Å²) in [5.74, 6) is 0. The lowest BCUT2D eigenvalue weighted by Gasteiger charge is -2.13. The van der Waals surface area contributed by atoms with Gasteiger partial charge in [-0.3, -0.25) is 0 Å². The van der Waals surface area contributed by atoms with Crippen LogP contribution in [0.25, 0.3) is 85.8 Å². The second kappa shape index (κ2) is 8.29. The molecule has 0 spiro atoms. The topological polar surface area (TPSA) is 15.8 Å². The molecular formula is C38H23NS. The van der Waals surface area contributed by atoms with Crippen molar-refractivity contribution >= 4 is 74.9 Å². The first-order valence-electron chi connectivity index (χ1n) is 13.7. The van der Waals surface area contributed by atoms with Gasteiger partial charge < -0.3 is 4.98 Å². The molecule has 1 N–H and O–H groups in total. The molecule has 0 saturated heterocycles. The Labute approximate surface area is 234 Å². The molecule has 0 unspecified atom stereocenters. The van der Waals surface area contributed by atoms with Gasteiger partial charge in [0.1, 0.15) is 0 Å². The van der Waals surface area contributed by atoms with Crippen molar-refractivity contribution in [2.75, 3.05) is 0 Å². The van der Waals surface area contributed by atoms with E-state index >= 15 is 0 Å². The maximum absolute atomic E-state index is 3.79. The summed E-state index contributed by atoms with van der Waals surface area (Å²) in [6.45, 7) is 0. The van der Waals surface area contributed by atoms with E-state index in [1.807, 2.05) is 11.3 Å². The van der Waals surface area contributed by atoms with Gasteiger partial charge in [0.25, 0.3) is 0 Å². The van der Waals surface area contributed by atoms with E-state index < -0.39 is 0 Å². The summed E-state index contributed by atoms with van der Waals surface area (Å²) in [7, 11) is 0. The van der Waals surface area contributed by atoms with Crippen molar-refractivity contribution in [2.45, 2.75) is 0 Å². The minimum absolute atomic E-state index is 1.18. The van der Waals surface area contributed by atoms with E-state index in [2.05, 4.69) is 138 Å². The largest absolute Gasteiger partial charge is 0.354 e. The van der Waals surface area contributed by atoms with E-state index in [4.69, 9.17) is 0 Å². The van der Waals surface area contributed by atoms with Crippen molar-refractivity contribution in [3.05, 3.63) is 133 Å². The van der Waals surface area contributed by atoms with E-state index in [9.17, 15) is 0 Å². The number of benzene rings is 7. The quantitative estimate of drug-likeness (QED) is 0.231. The molecule has 9 rings (SSSR count). The second-order valence-electron chi connectivity index (χ2n) is 10.5. The van der Waals surface area contributed by atoms with Crippen molar-refractivity contribution in [1.82, 2.24) is 4.98 Å². The molecule has 40 heavy (non-hydrogen) atoms. The number of fused-ring (bicyclic) bond motifs is 9. The van der Waals surface area contributed by atoms with Crippen LogP contribution >= 0.6 is 11.3 Å².